The zero-order valence-corrected chi connectivity index (χ0v) is 15.5. The van der Waals surface area contributed by atoms with E-state index in [1.165, 1.54) is 11.1 Å². The van der Waals surface area contributed by atoms with Crippen molar-refractivity contribution < 1.29 is 4.74 Å². The summed E-state index contributed by atoms with van der Waals surface area (Å²) in [6.45, 7) is 2.10. The molecule has 5 heteroatoms. The normalized spacial score (nSPS) is 11.0. The Morgan fingerprint density at radius 2 is 1.81 bits per heavy atom. The van der Waals surface area contributed by atoms with Crippen molar-refractivity contribution in [2.24, 2.45) is 0 Å². The quantitative estimate of drug-likeness (QED) is 0.469. The molecule has 0 aliphatic rings. The third-order valence-corrected chi connectivity index (χ3v) is 5.30. The second-order valence-electron chi connectivity index (χ2n) is 6.09. The summed E-state index contributed by atoms with van der Waals surface area (Å²) in [5, 5.41) is 5.67. The fraction of sp³-hybridized carbons (Fsp3) is 0.143. The minimum absolute atomic E-state index is 0.841. The molecule has 0 spiro atoms. The van der Waals surface area contributed by atoms with Gasteiger partial charge in [0.05, 0.1) is 18.3 Å². The van der Waals surface area contributed by atoms with Gasteiger partial charge in [-0.15, -0.1) is 0 Å². The van der Waals surface area contributed by atoms with Gasteiger partial charge in [-0.2, -0.15) is 5.10 Å². The Labute approximate surface area is 156 Å². The molecule has 4 nitrogen and oxygen atoms in total. The van der Waals surface area contributed by atoms with Gasteiger partial charge in [-0.3, -0.25) is 0 Å². The second-order valence-corrected chi connectivity index (χ2v) is 7.06. The largest absolute Gasteiger partial charge is 0.497 e. The molecule has 0 saturated heterocycles. The smallest absolute Gasteiger partial charge is 0.122 e. The maximum absolute atomic E-state index is 5.23. The Morgan fingerprint density at radius 1 is 1.04 bits per heavy atom. The minimum atomic E-state index is 0.841. The molecule has 130 valence electrons. The number of fused-ring (bicyclic) bond motifs is 1. The first-order valence-electron chi connectivity index (χ1n) is 8.40. The molecule has 4 rings (SSSR count). The van der Waals surface area contributed by atoms with Crippen LogP contribution in [0.25, 0.3) is 16.8 Å². The van der Waals surface area contributed by atoms with Crippen molar-refractivity contribution in [1.29, 1.82) is 0 Å². The highest BCUT2D eigenvalue weighted by atomic mass is 32.2. The Balaban J connectivity index is 1.61. The lowest BCUT2D eigenvalue weighted by molar-refractivity contribution is 0.415. The van der Waals surface area contributed by atoms with E-state index in [2.05, 4.69) is 47.3 Å². The Morgan fingerprint density at radius 3 is 2.54 bits per heavy atom. The molecule has 0 amide bonds. The first-order chi connectivity index (χ1) is 12.7. The van der Waals surface area contributed by atoms with Crippen LogP contribution in [-0.2, 0) is 5.75 Å². The van der Waals surface area contributed by atoms with Crippen LogP contribution in [0.4, 0.5) is 0 Å². The van der Waals surface area contributed by atoms with Crippen LogP contribution in [0.1, 0.15) is 11.1 Å². The fourth-order valence-electron chi connectivity index (χ4n) is 2.75. The van der Waals surface area contributed by atoms with Crippen molar-refractivity contribution in [1.82, 2.24) is 14.6 Å². The highest BCUT2D eigenvalue weighted by Gasteiger charge is 2.10. The van der Waals surface area contributed by atoms with Gasteiger partial charge in [0.1, 0.15) is 10.8 Å². The number of hydrogen-bond acceptors (Lipinski definition) is 4. The van der Waals surface area contributed by atoms with E-state index in [4.69, 9.17) is 4.74 Å². The van der Waals surface area contributed by atoms with Gasteiger partial charge in [-0.05, 0) is 42.8 Å². The summed E-state index contributed by atoms with van der Waals surface area (Å²) in [7, 11) is 1.67. The molecule has 4 aromatic rings. The lowest BCUT2D eigenvalue weighted by Gasteiger charge is -2.03. The van der Waals surface area contributed by atoms with Gasteiger partial charge < -0.3 is 4.74 Å². The predicted molar refractivity (Wildman–Crippen MR) is 106 cm³/mol. The summed E-state index contributed by atoms with van der Waals surface area (Å²) in [5.74, 6) is 1.73. The minimum Gasteiger partial charge on any atom is -0.497 e. The van der Waals surface area contributed by atoms with Gasteiger partial charge in [-0.25, -0.2) is 9.50 Å². The molecule has 2 heterocycles. The molecule has 0 unspecified atom stereocenters. The molecule has 0 radical (unpaired) electrons. The molecule has 0 N–H and O–H groups in total. The summed E-state index contributed by atoms with van der Waals surface area (Å²) in [4.78, 5) is 4.56. The highest BCUT2D eigenvalue weighted by Crippen LogP contribution is 2.28. The molecule has 0 atom stereocenters. The van der Waals surface area contributed by atoms with Crippen molar-refractivity contribution in [3.63, 3.8) is 0 Å². The number of rotatable bonds is 5. The maximum atomic E-state index is 5.23. The summed E-state index contributed by atoms with van der Waals surface area (Å²) >= 11 is 1.73. The van der Waals surface area contributed by atoms with Crippen molar-refractivity contribution >= 4 is 17.3 Å². The summed E-state index contributed by atoms with van der Waals surface area (Å²) in [6.07, 6.45) is 3.69. The fourth-order valence-corrected chi connectivity index (χ4v) is 3.68. The van der Waals surface area contributed by atoms with E-state index in [9.17, 15) is 0 Å². The Hall–Kier alpha value is -2.79. The molecule has 0 bridgehead atoms. The molecule has 0 aliphatic carbocycles. The van der Waals surface area contributed by atoms with Gasteiger partial charge in [-0.1, -0.05) is 41.6 Å². The zero-order chi connectivity index (χ0) is 17.9. The van der Waals surface area contributed by atoms with E-state index >= 15 is 0 Å². The summed E-state index contributed by atoms with van der Waals surface area (Å²) in [6, 6.07) is 18.7. The van der Waals surface area contributed by atoms with Crippen LogP contribution in [0.15, 0.2) is 72.0 Å². The van der Waals surface area contributed by atoms with E-state index in [0.29, 0.717) is 0 Å². The molecule has 2 aromatic carbocycles. The van der Waals surface area contributed by atoms with Crippen LogP contribution in [-0.4, -0.2) is 21.7 Å². The van der Waals surface area contributed by atoms with E-state index in [1.807, 2.05) is 35.0 Å². The topological polar surface area (TPSA) is 39.4 Å². The van der Waals surface area contributed by atoms with Crippen LogP contribution < -0.4 is 4.74 Å². The Kier molecular flexibility index (Phi) is 4.63. The van der Waals surface area contributed by atoms with E-state index < -0.39 is 0 Å². The van der Waals surface area contributed by atoms with Gasteiger partial charge in [0.25, 0.3) is 0 Å². The molecule has 0 fully saturated rings. The molecule has 26 heavy (non-hydrogen) atoms. The third-order valence-electron chi connectivity index (χ3n) is 4.24. The monoisotopic (exact) mass is 361 g/mol. The molecule has 2 aromatic heterocycles. The van der Waals surface area contributed by atoms with Crippen LogP contribution >= 0.6 is 11.8 Å². The van der Waals surface area contributed by atoms with E-state index in [0.717, 1.165) is 33.3 Å². The maximum Gasteiger partial charge on any atom is 0.122 e. The third kappa shape index (κ3) is 3.44. The summed E-state index contributed by atoms with van der Waals surface area (Å²) < 4.78 is 7.12. The zero-order valence-electron chi connectivity index (χ0n) is 14.7. The number of methoxy groups -OCH3 is 1. The number of aromatic nitrogens is 3. The molecule has 0 saturated carbocycles. The van der Waals surface area contributed by atoms with Crippen molar-refractivity contribution in [2.75, 3.05) is 7.11 Å². The highest BCUT2D eigenvalue weighted by molar-refractivity contribution is 7.98. The van der Waals surface area contributed by atoms with Gasteiger partial charge >= 0.3 is 0 Å². The van der Waals surface area contributed by atoms with Crippen molar-refractivity contribution in [3.05, 3.63) is 78.1 Å². The van der Waals surface area contributed by atoms with Gasteiger partial charge in [0.15, 0.2) is 0 Å². The lowest BCUT2D eigenvalue weighted by atomic mass is 10.1. The summed E-state index contributed by atoms with van der Waals surface area (Å²) in [5.41, 5.74) is 5.58. The van der Waals surface area contributed by atoms with Crippen LogP contribution in [0.3, 0.4) is 0 Å². The first kappa shape index (κ1) is 16.7. The van der Waals surface area contributed by atoms with Gasteiger partial charge in [0, 0.05) is 23.7 Å². The second kappa shape index (κ2) is 7.22. The lowest BCUT2D eigenvalue weighted by Crippen LogP contribution is -1.91. The van der Waals surface area contributed by atoms with E-state index in [1.54, 1.807) is 25.1 Å². The van der Waals surface area contributed by atoms with Crippen LogP contribution in [0.2, 0.25) is 0 Å². The standard InChI is InChI=1S/C21H19N3OS/c1-15-3-5-16(6-4-15)14-26-21-20-13-19(23-24(20)12-11-22-21)17-7-9-18(25-2)10-8-17/h3-13H,14H2,1-2H3. The SMILES string of the molecule is COc1ccc(-c2cc3c(SCc4ccc(C)cc4)nccn3n2)cc1. The number of thioether (sulfide) groups is 1. The Bertz CT molecular complexity index is 1020. The number of ether oxygens (including phenoxy) is 1. The van der Waals surface area contributed by atoms with Crippen molar-refractivity contribution in [3.8, 4) is 17.0 Å². The average Bonchev–Trinajstić information content (AvgIpc) is 3.12. The van der Waals surface area contributed by atoms with Crippen LogP contribution in [0.5, 0.6) is 5.75 Å². The molecular formula is C21H19N3OS. The number of nitrogens with zero attached hydrogens (tertiary/aromatic N) is 3. The first-order valence-corrected chi connectivity index (χ1v) is 9.38. The van der Waals surface area contributed by atoms with E-state index in [-0.39, 0.29) is 0 Å². The molecular weight excluding hydrogens is 342 g/mol. The number of aryl methyl sites for hydroxylation is 1. The predicted octanol–water partition coefficient (Wildman–Crippen LogP) is 5.01. The average molecular weight is 361 g/mol. The van der Waals surface area contributed by atoms with Gasteiger partial charge in [0.2, 0.25) is 0 Å². The van der Waals surface area contributed by atoms with Crippen molar-refractivity contribution in [2.45, 2.75) is 17.7 Å². The number of hydrogen-bond donors (Lipinski definition) is 0. The molecule has 0 aliphatic heterocycles. The number of benzene rings is 2. The van der Waals surface area contributed by atoms with Crippen LogP contribution in [0, 0.1) is 6.92 Å².